The molecule has 0 saturated carbocycles. The Morgan fingerprint density at radius 3 is 2.39 bits per heavy atom. The summed E-state index contributed by atoms with van der Waals surface area (Å²) in [4.78, 5) is 35.1. The first-order valence-corrected chi connectivity index (χ1v) is 8.31. The molecule has 0 radical (unpaired) electrons. The Bertz CT molecular complexity index is 1050. The molecule has 0 aliphatic heterocycles. The fourth-order valence-corrected chi connectivity index (χ4v) is 2.46. The van der Waals surface area contributed by atoms with Gasteiger partial charge in [-0.05, 0) is 31.2 Å². The SMILES string of the molecule is CCn1cc([N+](=O)[O-])c(C(=O)Nc2cccc(NC(=O)c3ccn(C)n3)c2)n1. The van der Waals surface area contributed by atoms with Crippen LogP contribution in [-0.4, -0.2) is 36.3 Å². The summed E-state index contributed by atoms with van der Waals surface area (Å²) in [6.45, 7) is 2.15. The van der Waals surface area contributed by atoms with Gasteiger partial charge in [0.15, 0.2) is 5.69 Å². The van der Waals surface area contributed by atoms with E-state index in [0.717, 1.165) is 0 Å². The Balaban J connectivity index is 1.76. The van der Waals surface area contributed by atoms with E-state index in [1.54, 1.807) is 44.4 Å². The molecule has 11 nitrogen and oxygen atoms in total. The molecule has 2 aromatic heterocycles. The van der Waals surface area contributed by atoms with E-state index in [9.17, 15) is 19.7 Å². The molecular weight excluding hydrogens is 366 g/mol. The molecule has 0 saturated heterocycles. The Morgan fingerprint density at radius 1 is 1.14 bits per heavy atom. The van der Waals surface area contributed by atoms with E-state index in [0.29, 0.717) is 17.9 Å². The second-order valence-electron chi connectivity index (χ2n) is 5.84. The largest absolute Gasteiger partial charge is 0.321 e. The number of nitrogens with one attached hydrogen (secondary N) is 2. The summed E-state index contributed by atoms with van der Waals surface area (Å²) in [5, 5.41) is 24.3. The van der Waals surface area contributed by atoms with Crippen LogP contribution in [0, 0.1) is 10.1 Å². The quantitative estimate of drug-likeness (QED) is 0.494. The summed E-state index contributed by atoms with van der Waals surface area (Å²) in [6.07, 6.45) is 2.85. The van der Waals surface area contributed by atoms with Crippen LogP contribution < -0.4 is 10.6 Å². The van der Waals surface area contributed by atoms with Crippen molar-refractivity contribution in [2.24, 2.45) is 7.05 Å². The van der Waals surface area contributed by atoms with Crippen molar-refractivity contribution in [3.8, 4) is 0 Å². The maximum atomic E-state index is 12.4. The third-order valence-electron chi connectivity index (χ3n) is 3.80. The number of aromatic nitrogens is 4. The number of benzene rings is 1. The van der Waals surface area contributed by atoms with Gasteiger partial charge in [0.25, 0.3) is 11.8 Å². The van der Waals surface area contributed by atoms with Crippen LogP contribution in [0.1, 0.15) is 27.9 Å². The minimum atomic E-state index is -0.716. The van der Waals surface area contributed by atoms with Gasteiger partial charge < -0.3 is 10.6 Å². The summed E-state index contributed by atoms with van der Waals surface area (Å²) in [6, 6.07) is 7.97. The number of nitrogens with zero attached hydrogens (tertiary/aromatic N) is 5. The van der Waals surface area contributed by atoms with Crippen LogP contribution in [0.15, 0.2) is 42.7 Å². The van der Waals surface area contributed by atoms with Gasteiger partial charge in [-0.2, -0.15) is 10.2 Å². The Labute approximate surface area is 159 Å². The Hall–Kier alpha value is -4.02. The van der Waals surface area contributed by atoms with Gasteiger partial charge in [0.1, 0.15) is 6.20 Å². The highest BCUT2D eigenvalue weighted by Gasteiger charge is 2.25. The zero-order valence-electron chi connectivity index (χ0n) is 15.1. The third-order valence-corrected chi connectivity index (χ3v) is 3.80. The fourth-order valence-electron chi connectivity index (χ4n) is 2.46. The minimum Gasteiger partial charge on any atom is -0.321 e. The molecule has 28 heavy (non-hydrogen) atoms. The number of aryl methyl sites for hydroxylation is 2. The zero-order chi connectivity index (χ0) is 20.3. The van der Waals surface area contributed by atoms with E-state index in [1.807, 2.05) is 0 Å². The van der Waals surface area contributed by atoms with Gasteiger partial charge >= 0.3 is 5.69 Å². The van der Waals surface area contributed by atoms with Gasteiger partial charge in [-0.1, -0.05) is 6.07 Å². The molecule has 3 aromatic rings. The van der Waals surface area contributed by atoms with Crippen molar-refractivity contribution in [2.75, 3.05) is 10.6 Å². The molecule has 0 unspecified atom stereocenters. The lowest BCUT2D eigenvalue weighted by Crippen LogP contribution is -2.16. The molecule has 3 rings (SSSR count). The molecule has 2 heterocycles. The van der Waals surface area contributed by atoms with Gasteiger partial charge in [-0.25, -0.2) is 0 Å². The molecule has 144 valence electrons. The highest BCUT2D eigenvalue weighted by atomic mass is 16.6. The van der Waals surface area contributed by atoms with Crippen molar-refractivity contribution < 1.29 is 14.5 Å². The van der Waals surface area contributed by atoms with E-state index >= 15 is 0 Å². The Morgan fingerprint density at radius 2 is 1.82 bits per heavy atom. The van der Waals surface area contributed by atoms with Crippen LogP contribution in [-0.2, 0) is 13.6 Å². The average molecular weight is 383 g/mol. The van der Waals surface area contributed by atoms with Crippen LogP contribution in [0.4, 0.5) is 17.1 Å². The van der Waals surface area contributed by atoms with E-state index in [1.165, 1.54) is 21.6 Å². The van der Waals surface area contributed by atoms with Crippen molar-refractivity contribution in [1.82, 2.24) is 19.6 Å². The molecule has 2 N–H and O–H groups in total. The molecule has 0 fully saturated rings. The third kappa shape index (κ3) is 4.03. The molecule has 0 bridgehead atoms. The standard InChI is InChI=1S/C17H17N7O4/c1-3-23-10-14(24(27)28)15(21-23)17(26)19-12-6-4-5-11(9-12)18-16(25)13-7-8-22(2)20-13/h4-10H,3H2,1-2H3,(H,18,25)(H,19,26). The van der Waals surface area contributed by atoms with Crippen LogP contribution >= 0.6 is 0 Å². The zero-order valence-corrected chi connectivity index (χ0v) is 15.1. The second kappa shape index (κ2) is 7.70. The van der Waals surface area contributed by atoms with Crippen molar-refractivity contribution in [3.63, 3.8) is 0 Å². The van der Waals surface area contributed by atoms with Crippen molar-refractivity contribution in [2.45, 2.75) is 13.5 Å². The summed E-state index contributed by atoms with van der Waals surface area (Å²) in [5.41, 5.74) is 0.373. The van der Waals surface area contributed by atoms with Crippen LogP contribution in [0.3, 0.4) is 0 Å². The first kappa shape index (κ1) is 18.8. The lowest BCUT2D eigenvalue weighted by Gasteiger charge is -2.07. The molecular formula is C17H17N7O4. The second-order valence-corrected chi connectivity index (χ2v) is 5.84. The fraction of sp³-hybridized carbons (Fsp3) is 0.176. The van der Waals surface area contributed by atoms with Gasteiger partial charge in [0.2, 0.25) is 5.69 Å². The maximum absolute atomic E-state index is 12.4. The van der Waals surface area contributed by atoms with Gasteiger partial charge in [0.05, 0.1) is 4.92 Å². The molecule has 0 aliphatic carbocycles. The normalized spacial score (nSPS) is 10.5. The summed E-state index contributed by atoms with van der Waals surface area (Å²) in [5.74, 6) is -1.12. The maximum Gasteiger partial charge on any atom is 0.320 e. The van der Waals surface area contributed by atoms with Crippen molar-refractivity contribution in [1.29, 1.82) is 0 Å². The van der Waals surface area contributed by atoms with E-state index in [-0.39, 0.29) is 17.1 Å². The lowest BCUT2D eigenvalue weighted by atomic mass is 10.2. The highest BCUT2D eigenvalue weighted by molar-refractivity contribution is 6.06. The molecule has 0 aliphatic rings. The number of hydrogen-bond acceptors (Lipinski definition) is 6. The van der Waals surface area contributed by atoms with Gasteiger partial charge in [0, 0.05) is 31.2 Å². The monoisotopic (exact) mass is 383 g/mol. The first-order valence-electron chi connectivity index (χ1n) is 8.31. The first-order chi connectivity index (χ1) is 13.4. The predicted molar refractivity (Wildman–Crippen MR) is 100 cm³/mol. The predicted octanol–water partition coefficient (Wildman–Crippen LogP) is 2.05. The van der Waals surface area contributed by atoms with E-state index in [4.69, 9.17) is 0 Å². The number of carbonyl (C=O) groups excluding carboxylic acids is 2. The molecule has 11 heteroatoms. The van der Waals surface area contributed by atoms with Crippen LogP contribution in [0.25, 0.3) is 0 Å². The molecule has 0 atom stereocenters. The number of nitro groups is 1. The van der Waals surface area contributed by atoms with Gasteiger partial charge in [-0.15, -0.1) is 0 Å². The highest BCUT2D eigenvalue weighted by Crippen LogP contribution is 2.20. The molecule has 0 spiro atoms. The van der Waals surface area contributed by atoms with E-state index in [2.05, 4.69) is 20.8 Å². The summed E-state index contributed by atoms with van der Waals surface area (Å²) >= 11 is 0. The number of carbonyl (C=O) groups is 2. The average Bonchev–Trinajstić information content (AvgIpc) is 3.28. The van der Waals surface area contributed by atoms with Crippen LogP contribution in [0.2, 0.25) is 0 Å². The van der Waals surface area contributed by atoms with Gasteiger partial charge in [-0.3, -0.25) is 29.1 Å². The van der Waals surface area contributed by atoms with E-state index < -0.39 is 16.7 Å². The van der Waals surface area contributed by atoms with Crippen molar-refractivity contribution >= 4 is 28.9 Å². The number of anilines is 2. The minimum absolute atomic E-state index is 0.248. The molecule has 2 amide bonds. The lowest BCUT2D eigenvalue weighted by molar-refractivity contribution is -0.385. The smallest absolute Gasteiger partial charge is 0.320 e. The topological polar surface area (TPSA) is 137 Å². The number of rotatable bonds is 6. The number of hydrogen-bond donors (Lipinski definition) is 2. The van der Waals surface area contributed by atoms with Crippen molar-refractivity contribution in [3.05, 3.63) is 64.2 Å². The molecule has 1 aromatic carbocycles. The number of amides is 2. The van der Waals surface area contributed by atoms with Crippen LogP contribution in [0.5, 0.6) is 0 Å². The summed E-state index contributed by atoms with van der Waals surface area (Å²) in [7, 11) is 1.70. The summed E-state index contributed by atoms with van der Waals surface area (Å²) < 4.78 is 2.82. The Kier molecular flexibility index (Phi) is 5.16.